The first kappa shape index (κ1) is 19.6. The summed E-state index contributed by atoms with van der Waals surface area (Å²) in [6.45, 7) is 1.65. The Morgan fingerprint density at radius 1 is 1.28 bits per heavy atom. The highest BCUT2D eigenvalue weighted by molar-refractivity contribution is 5.87. The molecule has 0 aliphatic carbocycles. The van der Waals surface area contributed by atoms with Gasteiger partial charge in [-0.3, -0.25) is 14.6 Å². The third kappa shape index (κ3) is 3.90. The molecule has 2 amide bonds. The summed E-state index contributed by atoms with van der Waals surface area (Å²) in [7, 11) is 1.67. The minimum absolute atomic E-state index is 0.0128. The first-order valence-electron chi connectivity index (χ1n) is 10.2. The van der Waals surface area contributed by atoms with Crippen LogP contribution < -0.4 is 5.32 Å². The van der Waals surface area contributed by atoms with Crippen LogP contribution in [0.4, 0.5) is 0 Å². The number of likely N-dealkylation sites (tertiary alicyclic amines) is 1. The Morgan fingerprint density at radius 3 is 2.86 bits per heavy atom. The number of benzene rings is 1. The van der Waals surface area contributed by atoms with Crippen LogP contribution in [0, 0.1) is 5.41 Å². The summed E-state index contributed by atoms with van der Waals surface area (Å²) >= 11 is 0. The Morgan fingerprint density at radius 2 is 2.14 bits per heavy atom. The van der Waals surface area contributed by atoms with Gasteiger partial charge in [-0.15, -0.1) is 0 Å². The second-order valence-electron chi connectivity index (χ2n) is 7.95. The van der Waals surface area contributed by atoms with Crippen LogP contribution in [0.2, 0.25) is 0 Å². The average molecular weight is 393 g/mol. The molecule has 2 saturated heterocycles. The number of nitrogens with one attached hydrogen (secondary N) is 1. The number of rotatable bonds is 5. The van der Waals surface area contributed by atoms with Gasteiger partial charge in [-0.2, -0.15) is 0 Å². The molecular formula is C23H27N3O3. The number of hydrogen-bond donors (Lipinski definition) is 1. The smallest absolute Gasteiger partial charge is 0.251 e. The molecule has 1 aromatic heterocycles. The number of hydrogen-bond acceptors (Lipinski definition) is 4. The van der Waals surface area contributed by atoms with E-state index < -0.39 is 5.41 Å². The molecule has 6 nitrogen and oxygen atoms in total. The predicted octanol–water partition coefficient (Wildman–Crippen LogP) is 2.43. The Balaban J connectivity index is 1.61. The van der Waals surface area contributed by atoms with Crippen molar-refractivity contribution in [3.05, 3.63) is 54.4 Å². The monoisotopic (exact) mass is 393 g/mol. The van der Waals surface area contributed by atoms with E-state index in [0.29, 0.717) is 32.5 Å². The van der Waals surface area contributed by atoms with Crippen molar-refractivity contribution in [2.45, 2.75) is 31.8 Å². The van der Waals surface area contributed by atoms with E-state index in [0.717, 1.165) is 29.5 Å². The lowest BCUT2D eigenvalue weighted by molar-refractivity contribution is -0.140. The van der Waals surface area contributed by atoms with Gasteiger partial charge in [0.25, 0.3) is 5.91 Å². The zero-order valence-electron chi connectivity index (χ0n) is 16.8. The van der Waals surface area contributed by atoms with Gasteiger partial charge >= 0.3 is 0 Å². The summed E-state index contributed by atoms with van der Waals surface area (Å²) in [5.74, 6) is 0.00922. The molecule has 0 radical (unpaired) electrons. The predicted molar refractivity (Wildman–Crippen MR) is 110 cm³/mol. The number of nitrogens with zero attached hydrogens (tertiary/aromatic N) is 2. The molecule has 1 N–H and O–H groups in total. The van der Waals surface area contributed by atoms with Crippen LogP contribution in [-0.2, 0) is 20.7 Å². The van der Waals surface area contributed by atoms with Crippen molar-refractivity contribution in [1.82, 2.24) is 15.2 Å². The lowest BCUT2D eigenvalue weighted by atomic mass is 9.78. The maximum Gasteiger partial charge on any atom is 0.251 e. The van der Waals surface area contributed by atoms with Gasteiger partial charge in [-0.25, -0.2) is 0 Å². The second-order valence-corrected chi connectivity index (χ2v) is 7.95. The third-order valence-electron chi connectivity index (χ3n) is 6.10. The number of ether oxygens (including phenoxy) is 1. The highest BCUT2D eigenvalue weighted by Gasteiger charge is 2.47. The molecule has 2 aliphatic heterocycles. The van der Waals surface area contributed by atoms with Gasteiger partial charge in [0, 0.05) is 44.7 Å². The maximum absolute atomic E-state index is 13.0. The zero-order valence-corrected chi connectivity index (χ0v) is 16.8. The van der Waals surface area contributed by atoms with Crippen molar-refractivity contribution in [3.63, 3.8) is 0 Å². The number of aromatic nitrogens is 1. The molecule has 1 aromatic carbocycles. The topological polar surface area (TPSA) is 71.5 Å². The molecule has 0 unspecified atom stereocenters. The van der Waals surface area contributed by atoms with Gasteiger partial charge in [0.05, 0.1) is 5.41 Å². The highest BCUT2D eigenvalue weighted by Crippen LogP contribution is 2.38. The van der Waals surface area contributed by atoms with Gasteiger partial charge < -0.3 is 15.0 Å². The van der Waals surface area contributed by atoms with Crippen molar-refractivity contribution >= 4 is 11.8 Å². The minimum atomic E-state index is -0.638. The summed E-state index contributed by atoms with van der Waals surface area (Å²) in [5.41, 5.74) is 2.56. The van der Waals surface area contributed by atoms with E-state index in [1.807, 2.05) is 35.4 Å². The SMILES string of the molecule is CNC(=O)[C@]1(Cc2ccccc2-c2cccnc2)CCN(C(=O)[C@H]2CCCO2)C1. The largest absolute Gasteiger partial charge is 0.368 e. The van der Waals surface area contributed by atoms with Crippen molar-refractivity contribution in [2.24, 2.45) is 5.41 Å². The van der Waals surface area contributed by atoms with Crippen molar-refractivity contribution in [2.75, 3.05) is 26.7 Å². The first-order valence-corrected chi connectivity index (χ1v) is 10.2. The Kier molecular flexibility index (Phi) is 5.62. The van der Waals surface area contributed by atoms with E-state index in [1.54, 1.807) is 13.2 Å². The van der Waals surface area contributed by atoms with Crippen molar-refractivity contribution in [3.8, 4) is 11.1 Å². The van der Waals surface area contributed by atoms with E-state index in [4.69, 9.17) is 4.74 Å². The minimum Gasteiger partial charge on any atom is -0.368 e. The quantitative estimate of drug-likeness (QED) is 0.847. The van der Waals surface area contributed by atoms with E-state index in [-0.39, 0.29) is 17.9 Å². The lowest BCUT2D eigenvalue weighted by Gasteiger charge is -2.29. The van der Waals surface area contributed by atoms with Crippen LogP contribution in [0.25, 0.3) is 11.1 Å². The van der Waals surface area contributed by atoms with Gasteiger partial charge in [0.1, 0.15) is 6.10 Å². The molecule has 2 fully saturated rings. The summed E-state index contributed by atoms with van der Waals surface area (Å²) < 4.78 is 5.58. The van der Waals surface area contributed by atoms with E-state index in [2.05, 4.69) is 22.4 Å². The Labute approximate surface area is 171 Å². The molecular weight excluding hydrogens is 366 g/mol. The first-order chi connectivity index (χ1) is 14.1. The molecule has 152 valence electrons. The molecule has 0 spiro atoms. The molecule has 29 heavy (non-hydrogen) atoms. The summed E-state index contributed by atoms with van der Waals surface area (Å²) in [5, 5.41) is 2.84. The summed E-state index contributed by atoms with van der Waals surface area (Å²) in [6.07, 6.45) is 6.16. The molecule has 2 atom stereocenters. The number of carbonyl (C=O) groups excluding carboxylic acids is 2. The Hall–Kier alpha value is -2.73. The van der Waals surface area contributed by atoms with E-state index in [1.165, 1.54) is 0 Å². The fraction of sp³-hybridized carbons (Fsp3) is 0.435. The van der Waals surface area contributed by atoms with Crippen LogP contribution in [0.3, 0.4) is 0 Å². The summed E-state index contributed by atoms with van der Waals surface area (Å²) in [4.78, 5) is 31.9. The standard InChI is InChI=1S/C23H27N3O3/c1-24-22(28)23(10-12-26(16-23)21(27)20-9-5-13-29-20)14-17-6-2-3-8-19(17)18-7-4-11-25-15-18/h2-4,6-8,11,15,20H,5,9-10,12-14,16H2,1H3,(H,24,28)/t20-,23+/m1/s1. The molecule has 0 bridgehead atoms. The number of pyridine rings is 1. The number of carbonyl (C=O) groups is 2. The Bertz CT molecular complexity index is 880. The second kappa shape index (κ2) is 8.33. The molecule has 4 rings (SSSR count). The van der Waals surface area contributed by atoms with Crippen molar-refractivity contribution < 1.29 is 14.3 Å². The van der Waals surface area contributed by atoms with Crippen molar-refractivity contribution in [1.29, 1.82) is 0 Å². The van der Waals surface area contributed by atoms with E-state index in [9.17, 15) is 9.59 Å². The van der Waals surface area contributed by atoms with Crippen LogP contribution in [0.15, 0.2) is 48.8 Å². The molecule has 3 heterocycles. The molecule has 2 aromatic rings. The number of amides is 2. The average Bonchev–Trinajstić information content (AvgIpc) is 3.45. The van der Waals surface area contributed by atoms with Gasteiger partial charge in [-0.1, -0.05) is 30.3 Å². The van der Waals surface area contributed by atoms with Crippen LogP contribution in [-0.4, -0.2) is 54.5 Å². The fourth-order valence-corrected chi connectivity index (χ4v) is 4.55. The highest BCUT2D eigenvalue weighted by atomic mass is 16.5. The normalized spacial score (nSPS) is 23.9. The fourth-order valence-electron chi connectivity index (χ4n) is 4.55. The van der Waals surface area contributed by atoms with Crippen LogP contribution >= 0.6 is 0 Å². The van der Waals surface area contributed by atoms with Gasteiger partial charge in [0.15, 0.2) is 0 Å². The van der Waals surface area contributed by atoms with E-state index >= 15 is 0 Å². The molecule has 0 saturated carbocycles. The van der Waals surface area contributed by atoms with Crippen LogP contribution in [0.5, 0.6) is 0 Å². The zero-order chi connectivity index (χ0) is 20.3. The third-order valence-corrected chi connectivity index (χ3v) is 6.10. The maximum atomic E-state index is 13.0. The van der Waals surface area contributed by atoms with Gasteiger partial charge in [-0.05, 0) is 42.9 Å². The molecule has 6 heteroatoms. The van der Waals surface area contributed by atoms with Gasteiger partial charge in [0.2, 0.25) is 5.91 Å². The lowest BCUT2D eigenvalue weighted by Crippen LogP contribution is -2.45. The summed E-state index contributed by atoms with van der Waals surface area (Å²) in [6, 6.07) is 12.1. The molecule has 2 aliphatic rings. The van der Waals surface area contributed by atoms with Crippen LogP contribution in [0.1, 0.15) is 24.8 Å².